The van der Waals surface area contributed by atoms with Gasteiger partial charge in [-0.2, -0.15) is 0 Å². The van der Waals surface area contributed by atoms with Gasteiger partial charge in [0.15, 0.2) is 0 Å². The van der Waals surface area contributed by atoms with Crippen LogP contribution in [0.2, 0.25) is 0 Å². The Morgan fingerprint density at radius 1 is 1.16 bits per heavy atom. The molecular weight excluding hydrogens is 416 g/mol. The van der Waals surface area contributed by atoms with Gasteiger partial charge in [-0.1, -0.05) is 25.1 Å². The van der Waals surface area contributed by atoms with E-state index in [2.05, 4.69) is 4.98 Å². The molecule has 0 atom stereocenters. The third kappa shape index (κ3) is 4.45. The zero-order chi connectivity index (χ0) is 22.1. The molecular formula is C22H30N4O4S. The van der Waals surface area contributed by atoms with Gasteiger partial charge in [-0.25, -0.2) is 17.7 Å². The van der Waals surface area contributed by atoms with Gasteiger partial charge in [0.05, 0.1) is 35.1 Å². The Kier molecular flexibility index (Phi) is 6.30. The number of rotatable bonds is 8. The van der Waals surface area contributed by atoms with Crippen LogP contribution in [0.4, 0.5) is 0 Å². The number of aliphatic hydroxyl groups is 1. The molecule has 3 aromatic rings. The maximum absolute atomic E-state index is 12.4. The molecule has 1 aromatic carbocycles. The number of aromatic nitrogens is 3. The number of nitrogens with zero attached hydrogens (tertiary/aromatic N) is 4. The highest BCUT2D eigenvalue weighted by Gasteiger charge is 2.37. The molecule has 1 aliphatic heterocycles. The minimum atomic E-state index is -3.25. The lowest BCUT2D eigenvalue weighted by atomic mass is 9.92. The van der Waals surface area contributed by atoms with E-state index >= 15 is 0 Å². The van der Waals surface area contributed by atoms with Gasteiger partial charge in [-0.3, -0.25) is 4.98 Å². The summed E-state index contributed by atoms with van der Waals surface area (Å²) in [6.07, 6.45) is 3.11. The monoisotopic (exact) mass is 446 g/mol. The summed E-state index contributed by atoms with van der Waals surface area (Å²) < 4.78 is 34.0. The highest BCUT2D eigenvalue weighted by Crippen LogP contribution is 2.31. The quantitative estimate of drug-likeness (QED) is 0.571. The highest BCUT2D eigenvalue weighted by atomic mass is 32.2. The average molecular weight is 447 g/mol. The predicted molar refractivity (Wildman–Crippen MR) is 120 cm³/mol. The molecule has 0 radical (unpaired) electrons. The van der Waals surface area contributed by atoms with Gasteiger partial charge < -0.3 is 14.4 Å². The summed E-state index contributed by atoms with van der Waals surface area (Å²) in [6, 6.07) is 7.88. The fourth-order valence-electron chi connectivity index (χ4n) is 4.30. The number of para-hydroxylation sites is 1. The van der Waals surface area contributed by atoms with Crippen molar-refractivity contribution in [3.8, 4) is 0 Å². The van der Waals surface area contributed by atoms with Crippen molar-refractivity contribution in [2.45, 2.75) is 51.9 Å². The molecule has 1 aliphatic rings. The van der Waals surface area contributed by atoms with Gasteiger partial charge in [-0.05, 0) is 32.3 Å². The van der Waals surface area contributed by atoms with E-state index in [-0.39, 0.29) is 5.75 Å². The normalized spacial score (nSPS) is 17.5. The van der Waals surface area contributed by atoms with Gasteiger partial charge >= 0.3 is 0 Å². The number of piperidine rings is 1. The van der Waals surface area contributed by atoms with Gasteiger partial charge in [-0.15, -0.1) is 0 Å². The number of pyridine rings is 1. The Morgan fingerprint density at radius 3 is 2.61 bits per heavy atom. The van der Waals surface area contributed by atoms with E-state index in [1.165, 1.54) is 4.31 Å². The molecule has 168 valence electrons. The van der Waals surface area contributed by atoms with Crippen molar-refractivity contribution < 1.29 is 18.3 Å². The Balaban J connectivity index is 1.68. The molecule has 2 aromatic heterocycles. The lowest BCUT2D eigenvalue weighted by molar-refractivity contribution is -0.0201. The smallest absolute Gasteiger partial charge is 0.214 e. The molecule has 0 amide bonds. The van der Waals surface area contributed by atoms with Crippen LogP contribution in [0.25, 0.3) is 21.9 Å². The van der Waals surface area contributed by atoms with E-state index in [0.29, 0.717) is 52.1 Å². The maximum atomic E-state index is 12.4. The van der Waals surface area contributed by atoms with Crippen LogP contribution in [0.1, 0.15) is 38.9 Å². The first-order chi connectivity index (χ1) is 14.9. The summed E-state index contributed by atoms with van der Waals surface area (Å²) in [6.45, 7) is 5.69. The largest absolute Gasteiger partial charge is 0.388 e. The van der Waals surface area contributed by atoms with Crippen LogP contribution >= 0.6 is 0 Å². The first kappa shape index (κ1) is 22.1. The van der Waals surface area contributed by atoms with Crippen LogP contribution in [0.5, 0.6) is 0 Å². The third-order valence-electron chi connectivity index (χ3n) is 5.96. The van der Waals surface area contributed by atoms with E-state index in [0.717, 1.165) is 27.8 Å². The van der Waals surface area contributed by atoms with Crippen molar-refractivity contribution in [1.29, 1.82) is 0 Å². The molecule has 0 aliphatic carbocycles. The first-order valence-corrected chi connectivity index (χ1v) is 12.5. The van der Waals surface area contributed by atoms with Crippen molar-refractivity contribution >= 4 is 32.0 Å². The minimum Gasteiger partial charge on any atom is -0.388 e. The summed E-state index contributed by atoms with van der Waals surface area (Å²) in [5.74, 6) is 0.888. The van der Waals surface area contributed by atoms with Gasteiger partial charge in [0.1, 0.15) is 17.9 Å². The topological polar surface area (TPSA) is 97.5 Å². The number of hydrogen-bond donors (Lipinski definition) is 1. The molecule has 1 fully saturated rings. The van der Waals surface area contributed by atoms with Gasteiger partial charge in [0.25, 0.3) is 0 Å². The summed E-state index contributed by atoms with van der Waals surface area (Å²) in [5.41, 5.74) is 1.54. The lowest BCUT2D eigenvalue weighted by Gasteiger charge is -2.38. The SMILES string of the molecule is CCCS(=O)(=O)N1CCC(O)(Cn2c(COCC)nc3cnc4ccccc4c32)CC1. The molecule has 8 nitrogen and oxygen atoms in total. The van der Waals surface area contributed by atoms with E-state index in [9.17, 15) is 13.5 Å². The Labute approximate surface area is 182 Å². The average Bonchev–Trinajstić information content (AvgIpc) is 3.09. The number of benzene rings is 1. The van der Waals surface area contributed by atoms with Crippen molar-refractivity contribution in [2.24, 2.45) is 0 Å². The Morgan fingerprint density at radius 2 is 1.90 bits per heavy atom. The van der Waals surface area contributed by atoms with E-state index < -0.39 is 15.6 Å². The van der Waals surface area contributed by atoms with E-state index in [1.807, 2.05) is 42.7 Å². The van der Waals surface area contributed by atoms with E-state index in [1.54, 1.807) is 6.20 Å². The van der Waals surface area contributed by atoms with Crippen LogP contribution in [0.15, 0.2) is 30.5 Å². The summed E-state index contributed by atoms with van der Waals surface area (Å²) in [7, 11) is -3.25. The third-order valence-corrected chi connectivity index (χ3v) is 8.03. The summed E-state index contributed by atoms with van der Waals surface area (Å²) in [5, 5.41) is 12.4. The fourth-order valence-corrected chi connectivity index (χ4v) is 5.82. The molecule has 0 bridgehead atoms. The van der Waals surface area contributed by atoms with Crippen LogP contribution in [-0.4, -0.2) is 63.4 Å². The zero-order valence-electron chi connectivity index (χ0n) is 18.1. The van der Waals surface area contributed by atoms with Gasteiger partial charge in [0, 0.05) is 25.1 Å². The van der Waals surface area contributed by atoms with Gasteiger partial charge in [0.2, 0.25) is 10.0 Å². The van der Waals surface area contributed by atoms with Crippen molar-refractivity contribution in [3.05, 3.63) is 36.3 Å². The second kappa shape index (κ2) is 8.82. The molecule has 4 rings (SSSR count). The number of ether oxygens (including phenoxy) is 1. The van der Waals surface area contributed by atoms with Crippen molar-refractivity contribution in [2.75, 3.05) is 25.4 Å². The zero-order valence-corrected chi connectivity index (χ0v) is 18.9. The predicted octanol–water partition coefficient (Wildman–Crippen LogP) is 2.69. The number of imidazole rings is 1. The Bertz CT molecular complexity index is 1170. The molecule has 31 heavy (non-hydrogen) atoms. The van der Waals surface area contributed by atoms with Crippen LogP contribution in [-0.2, 0) is 27.9 Å². The maximum Gasteiger partial charge on any atom is 0.214 e. The van der Waals surface area contributed by atoms with Crippen LogP contribution in [0, 0.1) is 0 Å². The minimum absolute atomic E-state index is 0.148. The summed E-state index contributed by atoms with van der Waals surface area (Å²) in [4.78, 5) is 9.24. The number of hydrogen-bond acceptors (Lipinski definition) is 6. The molecule has 9 heteroatoms. The second-order valence-electron chi connectivity index (χ2n) is 8.20. The summed E-state index contributed by atoms with van der Waals surface area (Å²) >= 11 is 0. The Hall–Kier alpha value is -2.07. The molecule has 1 N–H and O–H groups in total. The molecule has 0 unspecified atom stereocenters. The molecule has 0 saturated carbocycles. The fraction of sp³-hybridized carbons (Fsp3) is 0.545. The van der Waals surface area contributed by atoms with Crippen molar-refractivity contribution in [1.82, 2.24) is 18.8 Å². The van der Waals surface area contributed by atoms with Crippen LogP contribution in [0.3, 0.4) is 0 Å². The highest BCUT2D eigenvalue weighted by molar-refractivity contribution is 7.89. The molecule has 3 heterocycles. The number of fused-ring (bicyclic) bond motifs is 3. The molecule has 1 saturated heterocycles. The van der Waals surface area contributed by atoms with Crippen LogP contribution < -0.4 is 0 Å². The van der Waals surface area contributed by atoms with E-state index in [4.69, 9.17) is 9.72 Å². The van der Waals surface area contributed by atoms with Crippen molar-refractivity contribution in [3.63, 3.8) is 0 Å². The first-order valence-electron chi connectivity index (χ1n) is 10.9. The number of sulfonamides is 1. The molecule has 0 spiro atoms. The lowest BCUT2D eigenvalue weighted by Crippen LogP contribution is -2.49. The standard InChI is InChI=1S/C22H30N4O4S/c1-3-13-31(28,29)25-11-9-22(27,10-12-25)16-26-20(15-30-4-2)24-19-14-23-18-8-6-5-7-17(18)21(19)26/h5-8,14,27H,3-4,9-13,15-16H2,1-2H3. The second-order valence-corrected chi connectivity index (χ2v) is 10.3.